The van der Waals surface area contributed by atoms with E-state index in [2.05, 4.69) is 0 Å². The maximum Gasteiger partial charge on any atom is 0.408 e. The summed E-state index contributed by atoms with van der Waals surface area (Å²) in [5.41, 5.74) is -0.922. The number of amides is 1. The molecule has 1 aliphatic rings. The second-order valence-electron chi connectivity index (χ2n) is 5.13. The van der Waals surface area contributed by atoms with Gasteiger partial charge in [0.25, 0.3) is 5.69 Å². The van der Waals surface area contributed by atoms with Gasteiger partial charge in [-0.2, -0.15) is 0 Å². The number of carboxylic acid groups (broad SMARTS) is 1. The second-order valence-corrected chi connectivity index (χ2v) is 5.13. The van der Waals surface area contributed by atoms with Crippen molar-refractivity contribution in [2.45, 2.75) is 31.4 Å². The van der Waals surface area contributed by atoms with Crippen LogP contribution in [0.3, 0.4) is 0 Å². The number of nitro benzene ring substituents is 1. The zero-order valence-corrected chi connectivity index (χ0v) is 11.0. The number of aliphatic hydroxyl groups excluding tert-OH is 1. The van der Waals surface area contributed by atoms with E-state index in [9.17, 15) is 25.1 Å². The molecule has 20 heavy (non-hydrogen) atoms. The first kappa shape index (κ1) is 14.3. The molecule has 2 N–H and O–H groups in total. The van der Waals surface area contributed by atoms with E-state index >= 15 is 0 Å². The van der Waals surface area contributed by atoms with Crippen molar-refractivity contribution in [1.82, 2.24) is 4.90 Å². The fraction of sp³-hybridized carbons (Fsp3) is 0.462. The topological polar surface area (TPSA) is 104 Å². The maximum absolute atomic E-state index is 11.4. The highest BCUT2D eigenvalue weighted by molar-refractivity contribution is 5.67. The third-order valence-corrected chi connectivity index (χ3v) is 3.83. The highest BCUT2D eigenvalue weighted by Gasteiger charge is 2.45. The molecule has 1 aliphatic heterocycles. The summed E-state index contributed by atoms with van der Waals surface area (Å²) in [6, 6.07) is 6.07. The van der Waals surface area contributed by atoms with Gasteiger partial charge >= 0.3 is 6.09 Å². The van der Waals surface area contributed by atoms with Crippen LogP contribution in [-0.2, 0) is 5.54 Å². The van der Waals surface area contributed by atoms with Crippen molar-refractivity contribution in [3.8, 4) is 0 Å². The maximum atomic E-state index is 11.4. The number of hydrogen-bond donors (Lipinski definition) is 2. The Morgan fingerprint density at radius 2 is 2.15 bits per heavy atom. The highest BCUT2D eigenvalue weighted by Crippen LogP contribution is 2.41. The molecule has 7 heteroatoms. The van der Waals surface area contributed by atoms with Crippen LogP contribution >= 0.6 is 0 Å². The van der Waals surface area contributed by atoms with Gasteiger partial charge in [0.05, 0.1) is 22.1 Å². The fourth-order valence-electron chi connectivity index (χ4n) is 2.85. The summed E-state index contributed by atoms with van der Waals surface area (Å²) < 4.78 is 0. The molecule has 0 spiro atoms. The molecule has 0 radical (unpaired) electrons. The standard InChI is InChI=1S/C13H16N2O5/c1-13(8-9(16)6-7-14(13)12(17)18)10-4-2-3-5-11(10)15(19)20/h2-5,9,16H,6-8H2,1H3,(H,17,18). The van der Waals surface area contributed by atoms with Crippen LogP contribution < -0.4 is 0 Å². The summed E-state index contributed by atoms with van der Waals surface area (Å²) in [6.45, 7) is 1.77. The van der Waals surface area contributed by atoms with E-state index in [4.69, 9.17) is 0 Å². The Bertz CT molecular complexity index is 547. The lowest BCUT2D eigenvalue weighted by molar-refractivity contribution is -0.386. The van der Waals surface area contributed by atoms with Gasteiger partial charge in [0.1, 0.15) is 0 Å². The van der Waals surface area contributed by atoms with Crippen LogP contribution in [0.2, 0.25) is 0 Å². The molecule has 1 aromatic carbocycles. The van der Waals surface area contributed by atoms with Gasteiger partial charge in [-0.25, -0.2) is 4.79 Å². The molecule has 0 bridgehead atoms. The number of aliphatic hydroxyl groups is 1. The lowest BCUT2D eigenvalue weighted by Gasteiger charge is -2.44. The lowest BCUT2D eigenvalue weighted by Crippen LogP contribution is -2.53. The molecule has 1 saturated heterocycles. The normalized spacial score (nSPS) is 26.3. The molecule has 2 atom stereocenters. The number of piperidine rings is 1. The number of nitrogens with zero attached hydrogens (tertiary/aromatic N) is 2. The minimum absolute atomic E-state index is 0.129. The monoisotopic (exact) mass is 280 g/mol. The van der Waals surface area contributed by atoms with Crippen molar-refractivity contribution >= 4 is 11.8 Å². The van der Waals surface area contributed by atoms with Gasteiger partial charge in [0, 0.05) is 19.0 Å². The minimum atomic E-state index is -1.14. The molecule has 1 aromatic rings. The van der Waals surface area contributed by atoms with Crippen LogP contribution in [0.4, 0.5) is 10.5 Å². The van der Waals surface area contributed by atoms with Gasteiger partial charge in [-0.1, -0.05) is 12.1 Å². The highest BCUT2D eigenvalue weighted by atomic mass is 16.6. The van der Waals surface area contributed by atoms with Crippen LogP contribution in [0, 0.1) is 10.1 Å². The summed E-state index contributed by atoms with van der Waals surface area (Å²) in [5.74, 6) is 0. The van der Waals surface area contributed by atoms with Crippen LogP contribution in [0.25, 0.3) is 0 Å². The zero-order chi connectivity index (χ0) is 14.9. The van der Waals surface area contributed by atoms with Crippen LogP contribution in [0.15, 0.2) is 24.3 Å². The van der Waals surface area contributed by atoms with E-state index < -0.39 is 22.7 Å². The number of hydrogen-bond acceptors (Lipinski definition) is 4. The van der Waals surface area contributed by atoms with Crippen LogP contribution in [0.5, 0.6) is 0 Å². The van der Waals surface area contributed by atoms with Crippen molar-refractivity contribution in [3.63, 3.8) is 0 Å². The van der Waals surface area contributed by atoms with Crippen molar-refractivity contribution in [3.05, 3.63) is 39.9 Å². The summed E-state index contributed by atoms with van der Waals surface area (Å²) in [5, 5.41) is 30.3. The number of para-hydroxylation sites is 1. The van der Waals surface area contributed by atoms with E-state index in [1.54, 1.807) is 19.1 Å². The number of nitro groups is 1. The lowest BCUT2D eigenvalue weighted by atomic mass is 9.80. The smallest absolute Gasteiger partial charge is 0.408 e. The van der Waals surface area contributed by atoms with E-state index in [-0.39, 0.29) is 18.7 Å². The Morgan fingerprint density at radius 3 is 2.75 bits per heavy atom. The summed E-state index contributed by atoms with van der Waals surface area (Å²) >= 11 is 0. The first-order valence-electron chi connectivity index (χ1n) is 6.29. The fourth-order valence-corrected chi connectivity index (χ4v) is 2.85. The molecule has 0 aliphatic carbocycles. The molecule has 1 fully saturated rings. The molecule has 1 heterocycles. The van der Waals surface area contributed by atoms with Crippen molar-refractivity contribution in [2.75, 3.05) is 6.54 Å². The Morgan fingerprint density at radius 1 is 1.50 bits per heavy atom. The predicted octanol–water partition coefficient (Wildman–Crippen LogP) is 1.94. The summed E-state index contributed by atoms with van der Waals surface area (Å²) in [4.78, 5) is 23.2. The van der Waals surface area contributed by atoms with Gasteiger partial charge < -0.3 is 10.2 Å². The quantitative estimate of drug-likeness (QED) is 0.636. The first-order chi connectivity index (χ1) is 9.36. The Labute approximate surface area is 115 Å². The van der Waals surface area contributed by atoms with E-state index in [1.165, 1.54) is 17.0 Å². The van der Waals surface area contributed by atoms with Crippen LogP contribution in [-0.4, -0.2) is 38.8 Å². The van der Waals surface area contributed by atoms with Gasteiger partial charge in [0.15, 0.2) is 0 Å². The molecule has 2 unspecified atom stereocenters. The largest absolute Gasteiger partial charge is 0.465 e. The van der Waals surface area contributed by atoms with Gasteiger partial charge in [0.2, 0.25) is 0 Å². The second kappa shape index (κ2) is 5.09. The Kier molecular flexibility index (Phi) is 3.63. The first-order valence-corrected chi connectivity index (χ1v) is 6.29. The molecule has 7 nitrogen and oxygen atoms in total. The third-order valence-electron chi connectivity index (χ3n) is 3.83. The molecule has 108 valence electrons. The van der Waals surface area contributed by atoms with E-state index in [1.807, 2.05) is 0 Å². The molecular weight excluding hydrogens is 264 g/mol. The Hall–Kier alpha value is -2.15. The van der Waals surface area contributed by atoms with Crippen molar-refractivity contribution < 1.29 is 19.9 Å². The average molecular weight is 280 g/mol. The van der Waals surface area contributed by atoms with Crippen LogP contribution in [0.1, 0.15) is 25.3 Å². The molecular formula is C13H16N2O5. The van der Waals surface area contributed by atoms with Gasteiger partial charge in [-0.05, 0) is 19.4 Å². The zero-order valence-electron chi connectivity index (χ0n) is 11.0. The third kappa shape index (κ3) is 2.32. The molecule has 0 saturated carbocycles. The molecule has 2 rings (SSSR count). The number of carbonyl (C=O) groups is 1. The summed E-state index contributed by atoms with van der Waals surface area (Å²) in [6.07, 6.45) is -1.33. The summed E-state index contributed by atoms with van der Waals surface area (Å²) in [7, 11) is 0. The number of rotatable bonds is 2. The molecule has 1 amide bonds. The number of benzene rings is 1. The Balaban J connectivity index is 2.56. The number of likely N-dealkylation sites (tertiary alicyclic amines) is 1. The van der Waals surface area contributed by atoms with E-state index in [0.29, 0.717) is 12.0 Å². The van der Waals surface area contributed by atoms with Crippen molar-refractivity contribution in [2.24, 2.45) is 0 Å². The average Bonchev–Trinajstić information content (AvgIpc) is 2.38. The van der Waals surface area contributed by atoms with Gasteiger partial charge in [-0.3, -0.25) is 15.0 Å². The van der Waals surface area contributed by atoms with Crippen molar-refractivity contribution in [1.29, 1.82) is 0 Å². The SMILES string of the molecule is CC1(c2ccccc2[N+](=O)[O-])CC(O)CCN1C(=O)O. The van der Waals surface area contributed by atoms with Gasteiger partial charge in [-0.15, -0.1) is 0 Å². The minimum Gasteiger partial charge on any atom is -0.465 e. The predicted molar refractivity (Wildman–Crippen MR) is 70.4 cm³/mol. The van der Waals surface area contributed by atoms with E-state index in [0.717, 1.165) is 0 Å². The molecule has 0 aromatic heterocycles.